The van der Waals surface area contributed by atoms with E-state index in [2.05, 4.69) is 56.3 Å². The normalized spacial score (nSPS) is 25.8. The third kappa shape index (κ3) is 24.2. The molecule has 0 aliphatic carbocycles. The molecule has 92 heavy (non-hydrogen) atoms. The summed E-state index contributed by atoms with van der Waals surface area (Å²) in [6.45, 7) is 19.5. The first-order chi connectivity index (χ1) is 43.8. The number of aliphatic hydroxyl groups excluding tert-OH is 2. The molecule has 1 aliphatic rings. The number of rotatable bonds is 27. The molecule has 17 atom stereocenters. The highest BCUT2D eigenvalue weighted by Gasteiger charge is 2.41. The smallest absolute Gasteiger partial charge is 0.331 e. The first kappa shape index (κ1) is 78.6. The van der Waals surface area contributed by atoms with Gasteiger partial charge in [-0.05, 0) is 133 Å². The molecule has 3 aromatic rings. The maximum absolute atomic E-state index is 14.0. The highest BCUT2D eigenvalue weighted by Crippen LogP contribution is 2.41. The molecule has 512 valence electrons. The van der Waals surface area contributed by atoms with E-state index in [0.29, 0.717) is 32.1 Å². The lowest BCUT2D eigenvalue weighted by Crippen LogP contribution is -2.44. The molecular formula is C76H114N2O14. The number of nitrogens with zero attached hydrogens (tertiary/aromatic N) is 2. The largest absolute Gasteiger partial charge is 0.462 e. The van der Waals surface area contributed by atoms with Crippen molar-refractivity contribution in [1.29, 1.82) is 0 Å². The van der Waals surface area contributed by atoms with Crippen LogP contribution in [0.15, 0.2) is 139 Å². The van der Waals surface area contributed by atoms with Crippen LogP contribution in [0.1, 0.15) is 144 Å². The summed E-state index contributed by atoms with van der Waals surface area (Å²) in [7, 11) is 12.1. The highest BCUT2D eigenvalue weighted by atomic mass is 16.6. The SMILES string of the molecule is COCC(C(=O)OC1C/C=C/C=C/C(=O)O[C@H]([C@H](C)[C@@H](O)[C@@H](C)CC[C@@H](OC(=O)C(C)N(C)C)[C@H](C)[C@H](OC(C)=O)[C@H](C)CCOC(c2ccccc2)(c2ccccc2)c2ccccc2)C/C=C/[C@H](OC)C[C@H](C)C/C=C(\C)[C@@H](OC)CC[C@@H](C)[C@@H](O)[C@@H]1C)N(C)C. The molecule has 0 aromatic heterocycles. The van der Waals surface area contributed by atoms with E-state index in [-0.39, 0.29) is 61.9 Å². The van der Waals surface area contributed by atoms with Crippen molar-refractivity contribution in [3.63, 3.8) is 0 Å². The van der Waals surface area contributed by atoms with Crippen LogP contribution >= 0.6 is 0 Å². The number of likely N-dealkylation sites (N-methyl/N-ethyl adjacent to an activating group) is 2. The van der Waals surface area contributed by atoms with Crippen molar-refractivity contribution in [3.8, 4) is 0 Å². The molecule has 3 unspecified atom stereocenters. The summed E-state index contributed by atoms with van der Waals surface area (Å²) in [4.78, 5) is 58.1. The predicted octanol–water partition coefficient (Wildman–Crippen LogP) is 12.5. The third-order valence-corrected chi connectivity index (χ3v) is 18.9. The van der Waals surface area contributed by atoms with Gasteiger partial charge in [0.05, 0.1) is 31.0 Å². The molecule has 16 nitrogen and oxygen atoms in total. The minimum absolute atomic E-state index is 0.128. The van der Waals surface area contributed by atoms with Gasteiger partial charge in [0.2, 0.25) is 0 Å². The molecule has 0 saturated heterocycles. The second-order valence-electron chi connectivity index (χ2n) is 26.3. The molecule has 1 aliphatic heterocycles. The monoisotopic (exact) mass is 1280 g/mol. The van der Waals surface area contributed by atoms with Gasteiger partial charge in [-0.3, -0.25) is 24.2 Å². The first-order valence-electron chi connectivity index (χ1n) is 33.3. The maximum Gasteiger partial charge on any atom is 0.331 e. The molecule has 3 aromatic carbocycles. The number of benzene rings is 3. The molecule has 1 heterocycles. The van der Waals surface area contributed by atoms with Gasteiger partial charge in [0.1, 0.15) is 42.1 Å². The zero-order valence-electron chi connectivity index (χ0n) is 58.5. The van der Waals surface area contributed by atoms with Gasteiger partial charge in [-0.1, -0.05) is 176 Å². The number of hydrogen-bond acceptors (Lipinski definition) is 16. The van der Waals surface area contributed by atoms with E-state index in [4.69, 9.17) is 37.9 Å². The quantitative estimate of drug-likeness (QED) is 0.0317. The average Bonchev–Trinajstić information content (AvgIpc) is 0.771. The molecule has 4 rings (SSSR count). The van der Waals surface area contributed by atoms with Gasteiger partial charge in [0, 0.05) is 71.5 Å². The second kappa shape index (κ2) is 40.4. The van der Waals surface area contributed by atoms with Gasteiger partial charge < -0.3 is 48.1 Å². The zero-order chi connectivity index (χ0) is 68.1. The van der Waals surface area contributed by atoms with Crippen molar-refractivity contribution < 1.29 is 67.3 Å². The highest BCUT2D eigenvalue weighted by molar-refractivity contribution is 5.82. The summed E-state index contributed by atoms with van der Waals surface area (Å²) < 4.78 is 49.5. The Hall–Kier alpha value is -5.82. The van der Waals surface area contributed by atoms with Crippen LogP contribution in [0, 0.1) is 41.4 Å². The summed E-state index contributed by atoms with van der Waals surface area (Å²) >= 11 is 0. The number of hydrogen-bond donors (Lipinski definition) is 2. The Morgan fingerprint density at radius 3 is 1.85 bits per heavy atom. The van der Waals surface area contributed by atoms with E-state index >= 15 is 0 Å². The zero-order valence-corrected chi connectivity index (χ0v) is 58.5. The van der Waals surface area contributed by atoms with Crippen molar-refractivity contribution in [2.24, 2.45) is 41.4 Å². The van der Waals surface area contributed by atoms with Gasteiger partial charge in [0.25, 0.3) is 0 Å². The van der Waals surface area contributed by atoms with Crippen LogP contribution in [0.25, 0.3) is 0 Å². The van der Waals surface area contributed by atoms with E-state index in [1.54, 1.807) is 63.3 Å². The Bertz CT molecular complexity index is 2640. The molecule has 2 N–H and O–H groups in total. The average molecular weight is 1280 g/mol. The van der Waals surface area contributed by atoms with Crippen LogP contribution in [-0.2, 0) is 62.7 Å². The maximum atomic E-state index is 14.0. The fourth-order valence-corrected chi connectivity index (χ4v) is 12.4. The van der Waals surface area contributed by atoms with Crippen molar-refractivity contribution in [2.75, 3.05) is 62.7 Å². The molecular weight excluding hydrogens is 1160 g/mol. The first-order valence-corrected chi connectivity index (χ1v) is 33.3. The van der Waals surface area contributed by atoms with Gasteiger partial charge in [-0.2, -0.15) is 0 Å². The van der Waals surface area contributed by atoms with Gasteiger partial charge >= 0.3 is 23.9 Å². The number of cyclic esters (lactones) is 1. The second-order valence-corrected chi connectivity index (χ2v) is 26.3. The number of aliphatic hydroxyl groups is 2. The lowest BCUT2D eigenvalue weighted by Gasteiger charge is -2.38. The van der Waals surface area contributed by atoms with Crippen molar-refractivity contribution in [3.05, 3.63) is 156 Å². The Kier molecular flexibility index (Phi) is 34.6. The molecule has 0 saturated carbocycles. The van der Waals surface area contributed by atoms with Crippen molar-refractivity contribution in [1.82, 2.24) is 9.80 Å². The van der Waals surface area contributed by atoms with E-state index < -0.39 is 95.9 Å². The number of carbonyl (C=O) groups excluding carboxylic acids is 4. The fourth-order valence-electron chi connectivity index (χ4n) is 12.4. The fraction of sp³-hybridized carbons (Fsp3) is 0.605. The summed E-state index contributed by atoms with van der Waals surface area (Å²) in [5, 5.41) is 24.2. The van der Waals surface area contributed by atoms with E-state index in [1.807, 2.05) is 122 Å². The molecule has 0 spiro atoms. The third-order valence-electron chi connectivity index (χ3n) is 18.9. The molecule has 0 radical (unpaired) electrons. The van der Waals surface area contributed by atoms with E-state index in [9.17, 15) is 29.4 Å². The lowest BCUT2D eigenvalue weighted by molar-refractivity contribution is -0.167. The predicted molar refractivity (Wildman–Crippen MR) is 363 cm³/mol. The Morgan fingerprint density at radius 2 is 1.32 bits per heavy atom. The summed E-state index contributed by atoms with van der Waals surface area (Å²) in [6, 6.07) is 29.2. The molecule has 0 amide bonds. The van der Waals surface area contributed by atoms with Crippen LogP contribution < -0.4 is 0 Å². The molecule has 0 bridgehead atoms. The Labute approximate surface area is 552 Å². The van der Waals surface area contributed by atoms with Crippen LogP contribution in [0.4, 0.5) is 0 Å². The number of allylic oxidation sites excluding steroid dienone is 3. The number of methoxy groups -OCH3 is 3. The number of carbonyl (C=O) groups is 4. The summed E-state index contributed by atoms with van der Waals surface area (Å²) in [5.74, 6) is -4.06. The standard InChI is InChI=1S/C76H114N2O14/c1-51-41-42-52(2)66(87-17)45-43-53(3)72(82)57(7)68(92-75(84)65(50-85-15)78(13)14)38-28-21-29-40-70(80)90-67(39-30-37-64(49-51)86-16)56(6)71(81)54(4)44-46-69(91-74(83)59(9)77(11)12)58(8)73(89-60(10)79)55(5)47-48-88-76(61-31-22-18-23-32-61,62-33-24-19-25-34-62)63-35-26-20-27-36-63/h18-37,40,42,51,53-59,64-69,71-73,81-82H,38-39,41,43-50H2,1-17H3/b28-21+,37-30+,40-29+,52-42+/t51-,53-,54+,55-,56+,57-,58+,59?,64+,65?,66+,67+,68?,69-,71+,72-,73-/m1/s1. The van der Waals surface area contributed by atoms with Crippen LogP contribution in [0.5, 0.6) is 0 Å². The lowest BCUT2D eigenvalue weighted by atomic mass is 9.80. The summed E-state index contributed by atoms with van der Waals surface area (Å²) in [6.07, 6.45) is 12.1. The Morgan fingerprint density at radius 1 is 0.717 bits per heavy atom. The van der Waals surface area contributed by atoms with Gasteiger partial charge in [0.15, 0.2) is 0 Å². The van der Waals surface area contributed by atoms with Gasteiger partial charge in [-0.25, -0.2) is 4.79 Å². The minimum atomic E-state index is -0.983. The minimum Gasteiger partial charge on any atom is -0.462 e. The van der Waals surface area contributed by atoms with Gasteiger partial charge in [-0.15, -0.1) is 0 Å². The molecule has 0 fully saturated rings. The number of esters is 4. The van der Waals surface area contributed by atoms with Crippen molar-refractivity contribution >= 4 is 23.9 Å². The molecule has 16 heteroatoms. The van der Waals surface area contributed by atoms with E-state index in [0.717, 1.165) is 35.1 Å². The summed E-state index contributed by atoms with van der Waals surface area (Å²) in [5.41, 5.74) is 3.05. The Balaban J connectivity index is 1.65. The number of ether oxygens (including phenoxy) is 8. The van der Waals surface area contributed by atoms with E-state index in [1.165, 1.54) is 20.1 Å². The van der Waals surface area contributed by atoms with Crippen LogP contribution in [0.2, 0.25) is 0 Å². The van der Waals surface area contributed by atoms with Crippen LogP contribution in [-0.4, -0.2) is 168 Å². The van der Waals surface area contributed by atoms with Crippen LogP contribution in [0.3, 0.4) is 0 Å². The van der Waals surface area contributed by atoms with Crippen molar-refractivity contribution in [2.45, 2.75) is 194 Å². The topological polar surface area (TPSA) is 189 Å².